The van der Waals surface area contributed by atoms with Crippen molar-refractivity contribution >= 4 is 43.5 Å². The highest BCUT2D eigenvalue weighted by atomic mass is 79.9. The second-order valence-electron chi connectivity index (χ2n) is 9.58. The molecule has 0 radical (unpaired) electrons. The zero-order valence-electron chi connectivity index (χ0n) is 22.9. The number of nitrogens with one attached hydrogen (secondary N) is 1. The summed E-state index contributed by atoms with van der Waals surface area (Å²) in [6, 6.07) is 20.2. The fourth-order valence-electron chi connectivity index (χ4n) is 4.13. The number of anilines is 1. The third-order valence-electron chi connectivity index (χ3n) is 6.51. The van der Waals surface area contributed by atoms with Crippen LogP contribution in [-0.4, -0.2) is 44.3 Å². The van der Waals surface area contributed by atoms with Crippen molar-refractivity contribution in [3.05, 3.63) is 94.0 Å². The number of benzene rings is 3. The van der Waals surface area contributed by atoms with Gasteiger partial charge in [-0.3, -0.25) is 13.9 Å². The first-order chi connectivity index (χ1) is 18.5. The second-order valence-corrected chi connectivity index (χ2v) is 12.4. The molecule has 0 saturated heterocycles. The van der Waals surface area contributed by atoms with Gasteiger partial charge in [0.25, 0.3) is 10.0 Å². The zero-order valence-corrected chi connectivity index (χ0v) is 25.3. The Morgan fingerprint density at radius 2 is 1.64 bits per heavy atom. The molecule has 39 heavy (non-hydrogen) atoms. The van der Waals surface area contributed by atoms with Gasteiger partial charge in [0, 0.05) is 17.6 Å². The SMILES string of the molecule is CCCCNC(=O)[C@@H](C)N(Cc1ccc(Br)cc1)C(=O)CN(c1cc(C)ccc1C)S(=O)(=O)c1ccccc1. The molecule has 0 aliphatic rings. The van der Waals surface area contributed by atoms with E-state index < -0.39 is 28.5 Å². The molecule has 3 aromatic carbocycles. The molecule has 3 aromatic rings. The summed E-state index contributed by atoms with van der Waals surface area (Å²) >= 11 is 3.43. The van der Waals surface area contributed by atoms with Gasteiger partial charge < -0.3 is 10.2 Å². The quantitative estimate of drug-likeness (QED) is 0.270. The average molecular weight is 615 g/mol. The van der Waals surface area contributed by atoms with Crippen molar-refractivity contribution in [2.45, 2.75) is 58.0 Å². The Labute approximate surface area is 240 Å². The van der Waals surface area contributed by atoms with E-state index in [2.05, 4.69) is 21.2 Å². The van der Waals surface area contributed by atoms with Gasteiger partial charge in [-0.2, -0.15) is 0 Å². The average Bonchev–Trinajstić information content (AvgIpc) is 2.92. The first-order valence-electron chi connectivity index (χ1n) is 13.0. The number of amides is 2. The van der Waals surface area contributed by atoms with Gasteiger partial charge in [-0.15, -0.1) is 0 Å². The zero-order chi connectivity index (χ0) is 28.6. The minimum absolute atomic E-state index is 0.0866. The maximum Gasteiger partial charge on any atom is 0.264 e. The van der Waals surface area contributed by atoms with Crippen LogP contribution in [0.15, 0.2) is 82.2 Å². The molecule has 1 atom stereocenters. The number of unbranched alkanes of at least 4 members (excludes halogenated alkanes) is 1. The largest absolute Gasteiger partial charge is 0.354 e. The van der Waals surface area contributed by atoms with Crippen LogP contribution in [0, 0.1) is 13.8 Å². The molecule has 0 aromatic heterocycles. The lowest BCUT2D eigenvalue weighted by Crippen LogP contribution is -2.51. The number of hydrogen-bond donors (Lipinski definition) is 1. The third kappa shape index (κ3) is 7.92. The summed E-state index contributed by atoms with van der Waals surface area (Å²) in [5.74, 6) is -0.755. The molecule has 7 nitrogen and oxygen atoms in total. The van der Waals surface area contributed by atoms with Crippen LogP contribution in [0.5, 0.6) is 0 Å². The maximum atomic E-state index is 14.0. The summed E-state index contributed by atoms with van der Waals surface area (Å²) in [4.78, 5) is 28.5. The molecule has 0 aliphatic carbocycles. The van der Waals surface area contributed by atoms with Crippen LogP contribution in [0.3, 0.4) is 0 Å². The summed E-state index contributed by atoms with van der Waals surface area (Å²) < 4.78 is 29.8. The summed E-state index contributed by atoms with van der Waals surface area (Å²) in [5.41, 5.74) is 2.84. The van der Waals surface area contributed by atoms with Crippen molar-refractivity contribution < 1.29 is 18.0 Å². The van der Waals surface area contributed by atoms with Gasteiger partial charge in [0.05, 0.1) is 10.6 Å². The van der Waals surface area contributed by atoms with Crippen LogP contribution >= 0.6 is 15.9 Å². The Kier molecular flexibility index (Phi) is 10.7. The van der Waals surface area contributed by atoms with E-state index in [1.54, 1.807) is 31.2 Å². The van der Waals surface area contributed by atoms with Gasteiger partial charge in [-0.25, -0.2) is 8.42 Å². The van der Waals surface area contributed by atoms with E-state index in [4.69, 9.17) is 0 Å². The monoisotopic (exact) mass is 613 g/mol. The van der Waals surface area contributed by atoms with Gasteiger partial charge in [0.1, 0.15) is 12.6 Å². The predicted octanol–water partition coefficient (Wildman–Crippen LogP) is 5.59. The lowest BCUT2D eigenvalue weighted by molar-refractivity contribution is -0.139. The molecule has 2 amide bonds. The Balaban J connectivity index is 2.02. The molecule has 0 saturated carbocycles. The van der Waals surface area contributed by atoms with Crippen LogP contribution in [0.25, 0.3) is 0 Å². The molecule has 0 heterocycles. The predicted molar refractivity (Wildman–Crippen MR) is 159 cm³/mol. The molecule has 9 heteroatoms. The van der Waals surface area contributed by atoms with E-state index in [9.17, 15) is 18.0 Å². The summed E-state index contributed by atoms with van der Waals surface area (Å²) in [6.45, 7) is 7.61. The lowest BCUT2D eigenvalue weighted by atomic mass is 10.1. The molecule has 208 valence electrons. The lowest BCUT2D eigenvalue weighted by Gasteiger charge is -2.32. The number of sulfonamides is 1. The van der Waals surface area contributed by atoms with E-state index in [-0.39, 0.29) is 17.3 Å². The summed E-state index contributed by atoms with van der Waals surface area (Å²) in [6.07, 6.45) is 1.76. The van der Waals surface area contributed by atoms with Gasteiger partial charge in [0.2, 0.25) is 11.8 Å². The van der Waals surface area contributed by atoms with Crippen LogP contribution in [0.1, 0.15) is 43.4 Å². The van der Waals surface area contributed by atoms with Crippen molar-refractivity contribution in [2.75, 3.05) is 17.4 Å². The number of rotatable bonds is 12. The van der Waals surface area contributed by atoms with E-state index in [0.717, 1.165) is 38.3 Å². The molecular formula is C30H36BrN3O4S. The Hall–Kier alpha value is -3.17. The van der Waals surface area contributed by atoms with Gasteiger partial charge >= 0.3 is 0 Å². The third-order valence-corrected chi connectivity index (χ3v) is 8.81. The van der Waals surface area contributed by atoms with Crippen molar-refractivity contribution in [3.63, 3.8) is 0 Å². The molecule has 0 spiro atoms. The normalized spacial score (nSPS) is 12.0. The van der Waals surface area contributed by atoms with E-state index in [1.807, 2.05) is 57.2 Å². The molecular weight excluding hydrogens is 578 g/mol. The number of halogens is 1. The van der Waals surface area contributed by atoms with E-state index in [1.165, 1.54) is 17.0 Å². The van der Waals surface area contributed by atoms with Crippen LogP contribution in [0.2, 0.25) is 0 Å². The fourth-order valence-corrected chi connectivity index (χ4v) is 5.88. The molecule has 0 bridgehead atoms. The van der Waals surface area contributed by atoms with Crippen molar-refractivity contribution in [2.24, 2.45) is 0 Å². The van der Waals surface area contributed by atoms with Crippen molar-refractivity contribution in [3.8, 4) is 0 Å². The molecule has 0 fully saturated rings. The second kappa shape index (κ2) is 13.8. The number of nitrogens with zero attached hydrogens (tertiary/aromatic N) is 2. The topological polar surface area (TPSA) is 86.8 Å². The molecule has 1 N–H and O–H groups in total. The van der Waals surface area contributed by atoms with Crippen LogP contribution < -0.4 is 9.62 Å². The minimum atomic E-state index is -4.08. The summed E-state index contributed by atoms with van der Waals surface area (Å²) in [5, 5.41) is 2.90. The Bertz CT molecular complexity index is 1380. The minimum Gasteiger partial charge on any atom is -0.354 e. The molecule has 0 unspecified atom stereocenters. The summed E-state index contributed by atoms with van der Waals surface area (Å²) in [7, 11) is -4.08. The number of aryl methyl sites for hydroxylation is 2. The van der Waals surface area contributed by atoms with Gasteiger partial charge in [-0.05, 0) is 74.2 Å². The number of hydrogen-bond acceptors (Lipinski definition) is 4. The van der Waals surface area contributed by atoms with Crippen LogP contribution in [-0.2, 0) is 26.2 Å². The smallest absolute Gasteiger partial charge is 0.264 e. The van der Waals surface area contributed by atoms with Crippen molar-refractivity contribution in [1.82, 2.24) is 10.2 Å². The fraction of sp³-hybridized carbons (Fsp3) is 0.333. The standard InChI is InChI=1S/C30H36BrN3O4S/c1-5-6-18-32-30(36)24(4)33(20-25-14-16-26(31)17-15-25)29(35)21-34(28-19-22(2)12-13-23(28)3)39(37,38)27-10-8-7-9-11-27/h7-17,19,24H,5-6,18,20-21H2,1-4H3,(H,32,36)/t24-/m1/s1. The van der Waals surface area contributed by atoms with E-state index >= 15 is 0 Å². The highest BCUT2D eigenvalue weighted by Gasteiger charge is 2.33. The van der Waals surface area contributed by atoms with E-state index in [0.29, 0.717) is 12.2 Å². The van der Waals surface area contributed by atoms with Crippen molar-refractivity contribution in [1.29, 1.82) is 0 Å². The first kappa shape index (κ1) is 30.4. The molecule has 3 rings (SSSR count). The highest BCUT2D eigenvalue weighted by Crippen LogP contribution is 2.28. The Morgan fingerprint density at radius 1 is 0.974 bits per heavy atom. The van der Waals surface area contributed by atoms with Gasteiger partial charge in [-0.1, -0.05) is 71.7 Å². The molecule has 0 aliphatic heterocycles. The maximum absolute atomic E-state index is 14.0. The first-order valence-corrected chi connectivity index (χ1v) is 15.2. The highest BCUT2D eigenvalue weighted by molar-refractivity contribution is 9.10. The van der Waals surface area contributed by atoms with Gasteiger partial charge in [0.15, 0.2) is 0 Å². The van der Waals surface area contributed by atoms with Crippen LogP contribution in [0.4, 0.5) is 5.69 Å². The number of carbonyl (C=O) groups excluding carboxylic acids is 2. The number of carbonyl (C=O) groups is 2. The Morgan fingerprint density at radius 3 is 2.28 bits per heavy atom.